The van der Waals surface area contributed by atoms with Crippen molar-refractivity contribution < 1.29 is 28.2 Å². The number of esters is 1. The van der Waals surface area contributed by atoms with Gasteiger partial charge in [0.15, 0.2) is 6.61 Å². The molecule has 0 radical (unpaired) electrons. The molecular formula is C19H19FN2O5. The number of nitrogens with one attached hydrogen (secondary N) is 1. The summed E-state index contributed by atoms with van der Waals surface area (Å²) in [6.45, 7) is -0.650. The average Bonchev–Trinajstić information content (AvgIpc) is 2.66. The molecule has 27 heavy (non-hydrogen) atoms. The third-order valence-electron chi connectivity index (χ3n) is 3.53. The van der Waals surface area contributed by atoms with Crippen LogP contribution in [0.1, 0.15) is 11.1 Å². The molecule has 0 saturated heterocycles. The van der Waals surface area contributed by atoms with Crippen LogP contribution in [0, 0.1) is 5.82 Å². The number of carbonyl (C=O) groups excluding carboxylic acids is 3. The number of rotatable bonds is 8. The largest absolute Gasteiger partial charge is 0.454 e. The molecule has 0 saturated carbocycles. The Hall–Kier alpha value is -3.42. The zero-order valence-corrected chi connectivity index (χ0v) is 14.4. The molecule has 0 unspecified atom stereocenters. The molecule has 8 heteroatoms. The van der Waals surface area contributed by atoms with Gasteiger partial charge in [-0.3, -0.25) is 4.79 Å². The lowest BCUT2D eigenvalue weighted by atomic mass is 10.1. The van der Waals surface area contributed by atoms with Crippen molar-refractivity contribution in [3.05, 3.63) is 71.5 Å². The fourth-order valence-electron chi connectivity index (χ4n) is 2.23. The Morgan fingerprint density at radius 1 is 1.00 bits per heavy atom. The van der Waals surface area contributed by atoms with E-state index in [0.717, 1.165) is 5.56 Å². The minimum absolute atomic E-state index is 0.00454. The Bertz CT molecular complexity index is 798. The van der Waals surface area contributed by atoms with E-state index in [-0.39, 0.29) is 18.6 Å². The SMILES string of the molecule is NC(=O)COC(=O)[C@H](Cc1ccccc1F)NC(=O)OCc1ccccc1. The van der Waals surface area contributed by atoms with Gasteiger partial charge in [0.2, 0.25) is 0 Å². The Balaban J connectivity index is 2.01. The van der Waals surface area contributed by atoms with Gasteiger partial charge in [-0.25, -0.2) is 14.0 Å². The van der Waals surface area contributed by atoms with Crippen LogP contribution >= 0.6 is 0 Å². The van der Waals surface area contributed by atoms with Crippen molar-refractivity contribution >= 4 is 18.0 Å². The first-order valence-corrected chi connectivity index (χ1v) is 8.11. The number of ether oxygens (including phenoxy) is 2. The van der Waals surface area contributed by atoms with Crippen molar-refractivity contribution in [3.8, 4) is 0 Å². The van der Waals surface area contributed by atoms with E-state index in [2.05, 4.69) is 5.32 Å². The topological polar surface area (TPSA) is 108 Å². The highest BCUT2D eigenvalue weighted by Gasteiger charge is 2.25. The van der Waals surface area contributed by atoms with Crippen LogP contribution in [0.2, 0.25) is 0 Å². The summed E-state index contributed by atoms with van der Waals surface area (Å²) >= 11 is 0. The summed E-state index contributed by atoms with van der Waals surface area (Å²) in [5, 5.41) is 2.33. The lowest BCUT2D eigenvalue weighted by Crippen LogP contribution is -2.44. The van der Waals surface area contributed by atoms with Gasteiger partial charge in [0.25, 0.3) is 5.91 Å². The summed E-state index contributed by atoms with van der Waals surface area (Å²) < 4.78 is 23.7. The molecule has 1 atom stereocenters. The second-order valence-electron chi connectivity index (χ2n) is 5.63. The second-order valence-corrected chi connectivity index (χ2v) is 5.63. The molecule has 0 heterocycles. The number of nitrogens with two attached hydrogens (primary N) is 1. The van der Waals surface area contributed by atoms with Gasteiger partial charge in [-0.05, 0) is 17.2 Å². The highest BCUT2D eigenvalue weighted by Crippen LogP contribution is 2.11. The Morgan fingerprint density at radius 2 is 1.67 bits per heavy atom. The van der Waals surface area contributed by atoms with Crippen LogP contribution in [-0.4, -0.2) is 30.6 Å². The Morgan fingerprint density at radius 3 is 2.33 bits per heavy atom. The van der Waals surface area contributed by atoms with E-state index >= 15 is 0 Å². The van der Waals surface area contributed by atoms with Gasteiger partial charge in [-0.15, -0.1) is 0 Å². The minimum Gasteiger partial charge on any atom is -0.454 e. The molecule has 0 fully saturated rings. The zero-order valence-electron chi connectivity index (χ0n) is 14.4. The molecule has 142 valence electrons. The number of benzene rings is 2. The van der Waals surface area contributed by atoms with Crippen LogP contribution in [0.5, 0.6) is 0 Å². The van der Waals surface area contributed by atoms with Gasteiger partial charge in [0.05, 0.1) is 0 Å². The molecule has 2 aromatic carbocycles. The van der Waals surface area contributed by atoms with Gasteiger partial charge in [0.1, 0.15) is 18.5 Å². The van der Waals surface area contributed by atoms with E-state index < -0.39 is 36.4 Å². The number of halogens is 1. The molecule has 0 aliphatic carbocycles. The normalized spacial score (nSPS) is 11.3. The van der Waals surface area contributed by atoms with Gasteiger partial charge >= 0.3 is 12.1 Å². The van der Waals surface area contributed by atoms with Crippen molar-refractivity contribution in [2.45, 2.75) is 19.1 Å². The maximum atomic E-state index is 13.9. The van der Waals surface area contributed by atoms with E-state index in [1.807, 2.05) is 6.07 Å². The summed E-state index contributed by atoms with van der Waals surface area (Å²) in [5.41, 5.74) is 5.90. The second kappa shape index (κ2) is 9.91. The van der Waals surface area contributed by atoms with E-state index in [1.165, 1.54) is 18.2 Å². The van der Waals surface area contributed by atoms with Crippen LogP contribution in [-0.2, 0) is 32.1 Å². The number of alkyl carbamates (subject to hydrolysis) is 1. The minimum atomic E-state index is -1.25. The van der Waals surface area contributed by atoms with Gasteiger partial charge in [0, 0.05) is 6.42 Å². The predicted molar refractivity (Wildman–Crippen MR) is 93.8 cm³/mol. The van der Waals surface area contributed by atoms with Gasteiger partial charge in [-0.1, -0.05) is 48.5 Å². The summed E-state index contributed by atoms with van der Waals surface area (Å²) in [7, 11) is 0. The van der Waals surface area contributed by atoms with E-state index in [0.29, 0.717) is 0 Å². The zero-order chi connectivity index (χ0) is 19.6. The smallest absolute Gasteiger partial charge is 0.408 e. The molecule has 2 aromatic rings. The average molecular weight is 374 g/mol. The third-order valence-corrected chi connectivity index (χ3v) is 3.53. The highest BCUT2D eigenvalue weighted by atomic mass is 19.1. The van der Waals surface area contributed by atoms with E-state index in [9.17, 15) is 18.8 Å². The first-order valence-electron chi connectivity index (χ1n) is 8.11. The highest BCUT2D eigenvalue weighted by molar-refractivity contribution is 5.84. The quantitative estimate of drug-likeness (QED) is 0.684. The monoisotopic (exact) mass is 374 g/mol. The molecule has 0 aliphatic rings. The molecule has 0 bridgehead atoms. The summed E-state index contributed by atoms with van der Waals surface area (Å²) in [6.07, 6.45) is -1.05. The summed E-state index contributed by atoms with van der Waals surface area (Å²) in [6, 6.07) is 13.5. The fourth-order valence-corrected chi connectivity index (χ4v) is 2.23. The molecular weight excluding hydrogens is 355 g/mol. The molecule has 3 N–H and O–H groups in total. The number of hydrogen-bond donors (Lipinski definition) is 2. The van der Waals surface area contributed by atoms with Crippen molar-refractivity contribution in [2.75, 3.05) is 6.61 Å². The number of carbonyl (C=O) groups is 3. The lowest BCUT2D eigenvalue weighted by Gasteiger charge is -2.17. The standard InChI is InChI=1S/C19H19FN2O5/c20-15-9-5-4-8-14(15)10-16(18(24)26-12-17(21)23)22-19(25)27-11-13-6-2-1-3-7-13/h1-9,16H,10-12H2,(H2,21,23)(H,22,25)/t16-/m0/s1. The maximum absolute atomic E-state index is 13.9. The van der Waals surface area contributed by atoms with Crippen molar-refractivity contribution in [2.24, 2.45) is 5.73 Å². The third kappa shape index (κ3) is 6.77. The van der Waals surface area contributed by atoms with Crippen LogP contribution in [0.15, 0.2) is 54.6 Å². The van der Waals surface area contributed by atoms with Crippen LogP contribution in [0.25, 0.3) is 0 Å². The van der Waals surface area contributed by atoms with Crippen LogP contribution in [0.4, 0.5) is 9.18 Å². The fraction of sp³-hybridized carbons (Fsp3) is 0.211. The van der Waals surface area contributed by atoms with Crippen molar-refractivity contribution in [3.63, 3.8) is 0 Å². The number of amides is 2. The van der Waals surface area contributed by atoms with E-state index in [4.69, 9.17) is 15.2 Å². The van der Waals surface area contributed by atoms with Crippen molar-refractivity contribution in [1.29, 1.82) is 0 Å². The number of primary amides is 1. The van der Waals surface area contributed by atoms with E-state index in [1.54, 1.807) is 30.3 Å². The molecule has 2 amide bonds. The van der Waals surface area contributed by atoms with Crippen LogP contribution in [0.3, 0.4) is 0 Å². The Labute approximate surface area is 155 Å². The molecule has 2 rings (SSSR count). The molecule has 7 nitrogen and oxygen atoms in total. The Kier molecular flexibility index (Phi) is 7.30. The van der Waals surface area contributed by atoms with Gasteiger partial charge < -0.3 is 20.5 Å². The summed E-state index contributed by atoms with van der Waals surface area (Å²) in [4.78, 5) is 35.0. The number of hydrogen-bond acceptors (Lipinski definition) is 5. The van der Waals surface area contributed by atoms with Gasteiger partial charge in [-0.2, -0.15) is 0 Å². The maximum Gasteiger partial charge on any atom is 0.408 e. The first-order chi connectivity index (χ1) is 13.0. The lowest BCUT2D eigenvalue weighted by molar-refractivity contribution is -0.149. The van der Waals surface area contributed by atoms with Crippen molar-refractivity contribution in [1.82, 2.24) is 5.32 Å². The first kappa shape index (κ1) is 19.9. The molecule has 0 aliphatic heterocycles. The summed E-state index contributed by atoms with van der Waals surface area (Å²) in [5.74, 6) is -2.31. The molecule has 0 aromatic heterocycles. The molecule has 0 spiro atoms. The predicted octanol–water partition coefficient (Wildman–Crippen LogP) is 1.69. The van der Waals surface area contributed by atoms with Crippen LogP contribution < -0.4 is 11.1 Å².